The Labute approximate surface area is 128 Å². The van der Waals surface area contributed by atoms with E-state index in [0.29, 0.717) is 0 Å². The highest BCUT2D eigenvalue weighted by atomic mass is 16.6. The zero-order valence-electron chi connectivity index (χ0n) is 12.5. The van der Waals surface area contributed by atoms with Crippen LogP contribution in [-0.2, 0) is 0 Å². The number of non-ortho nitro benzene ring substituents is 1. The van der Waals surface area contributed by atoms with Crippen LogP contribution in [0, 0.1) is 16.0 Å². The summed E-state index contributed by atoms with van der Waals surface area (Å²) in [6.45, 7) is 4.32. The first-order chi connectivity index (χ1) is 10.6. The minimum Gasteiger partial charge on any atom is -0.355 e. The van der Waals surface area contributed by atoms with Crippen LogP contribution >= 0.6 is 0 Å². The number of rotatable bonds is 3. The van der Waals surface area contributed by atoms with E-state index in [1.165, 1.54) is 25.0 Å². The average Bonchev–Trinajstić information content (AvgIpc) is 2.56. The number of hydrogen-bond donors (Lipinski definition) is 0. The third kappa shape index (κ3) is 3.05. The molecule has 6 nitrogen and oxygen atoms in total. The molecule has 2 aromatic rings. The van der Waals surface area contributed by atoms with E-state index in [0.717, 1.165) is 36.1 Å². The maximum Gasteiger partial charge on any atom is 0.269 e. The first-order valence-electron chi connectivity index (χ1n) is 7.47. The maximum atomic E-state index is 10.7. The van der Waals surface area contributed by atoms with Crippen molar-refractivity contribution in [1.82, 2.24) is 10.2 Å². The molecule has 0 spiro atoms. The Morgan fingerprint density at radius 3 is 2.32 bits per heavy atom. The molecule has 1 aromatic carbocycles. The summed E-state index contributed by atoms with van der Waals surface area (Å²) < 4.78 is 0. The number of nitro benzene ring substituents is 1. The number of aromatic nitrogens is 2. The van der Waals surface area contributed by atoms with Gasteiger partial charge in [-0.15, -0.1) is 10.2 Å². The molecule has 114 valence electrons. The highest BCUT2D eigenvalue weighted by Gasteiger charge is 2.17. The average molecular weight is 298 g/mol. The minimum atomic E-state index is -0.407. The molecule has 0 amide bonds. The molecule has 6 heteroatoms. The molecule has 2 heterocycles. The van der Waals surface area contributed by atoms with Crippen molar-refractivity contribution in [2.24, 2.45) is 5.92 Å². The summed E-state index contributed by atoms with van der Waals surface area (Å²) >= 11 is 0. The van der Waals surface area contributed by atoms with E-state index in [2.05, 4.69) is 22.0 Å². The van der Waals surface area contributed by atoms with E-state index in [-0.39, 0.29) is 5.69 Å². The molecule has 0 radical (unpaired) electrons. The SMILES string of the molecule is CC1CCN(c2ccc(-c3ccc([N+](=O)[O-])cc3)nn2)CC1. The molecular formula is C16H18N4O2. The molecule has 1 saturated heterocycles. The number of piperidine rings is 1. The molecule has 1 aliphatic rings. The van der Waals surface area contributed by atoms with Crippen LogP contribution in [0.15, 0.2) is 36.4 Å². The highest BCUT2D eigenvalue weighted by molar-refractivity contribution is 5.61. The molecule has 0 aliphatic carbocycles. The monoisotopic (exact) mass is 298 g/mol. The molecular weight excluding hydrogens is 280 g/mol. The van der Waals surface area contributed by atoms with Crippen molar-refractivity contribution < 1.29 is 4.92 Å². The van der Waals surface area contributed by atoms with Gasteiger partial charge in [0, 0.05) is 30.8 Å². The van der Waals surface area contributed by atoms with Gasteiger partial charge in [-0.05, 0) is 43.0 Å². The molecule has 3 rings (SSSR count). The number of nitrogens with zero attached hydrogens (tertiary/aromatic N) is 4. The zero-order valence-corrected chi connectivity index (χ0v) is 12.5. The standard InChI is InChI=1S/C16H18N4O2/c1-12-8-10-19(11-9-12)16-7-6-15(17-18-16)13-2-4-14(5-3-13)20(21)22/h2-7,12H,8-11H2,1H3. The van der Waals surface area contributed by atoms with Crippen LogP contribution in [0.5, 0.6) is 0 Å². The number of hydrogen-bond acceptors (Lipinski definition) is 5. The van der Waals surface area contributed by atoms with Crippen molar-refractivity contribution in [2.75, 3.05) is 18.0 Å². The predicted octanol–water partition coefficient (Wildman–Crippen LogP) is 3.29. The van der Waals surface area contributed by atoms with Crippen molar-refractivity contribution in [3.8, 4) is 11.3 Å². The van der Waals surface area contributed by atoms with Gasteiger partial charge >= 0.3 is 0 Å². The quantitative estimate of drug-likeness (QED) is 0.642. The third-order valence-electron chi connectivity index (χ3n) is 4.13. The Hall–Kier alpha value is -2.50. The van der Waals surface area contributed by atoms with Crippen LogP contribution in [0.4, 0.5) is 11.5 Å². The maximum absolute atomic E-state index is 10.7. The molecule has 0 atom stereocenters. The molecule has 0 bridgehead atoms. The topological polar surface area (TPSA) is 72.2 Å². The number of nitro groups is 1. The summed E-state index contributed by atoms with van der Waals surface area (Å²) in [7, 11) is 0. The van der Waals surface area contributed by atoms with Gasteiger partial charge in [-0.25, -0.2) is 0 Å². The third-order valence-corrected chi connectivity index (χ3v) is 4.13. The summed E-state index contributed by atoms with van der Waals surface area (Å²) in [6.07, 6.45) is 2.37. The summed E-state index contributed by atoms with van der Waals surface area (Å²) in [4.78, 5) is 12.5. The Morgan fingerprint density at radius 1 is 1.09 bits per heavy atom. The largest absolute Gasteiger partial charge is 0.355 e. The van der Waals surface area contributed by atoms with E-state index in [1.54, 1.807) is 12.1 Å². The van der Waals surface area contributed by atoms with E-state index in [1.807, 2.05) is 12.1 Å². The summed E-state index contributed by atoms with van der Waals surface area (Å²) in [5.74, 6) is 1.68. The molecule has 1 aliphatic heterocycles. The van der Waals surface area contributed by atoms with Gasteiger partial charge in [-0.1, -0.05) is 6.92 Å². The van der Waals surface area contributed by atoms with Crippen LogP contribution in [-0.4, -0.2) is 28.2 Å². The van der Waals surface area contributed by atoms with E-state index < -0.39 is 4.92 Å². The highest BCUT2D eigenvalue weighted by Crippen LogP contribution is 2.24. The lowest BCUT2D eigenvalue weighted by molar-refractivity contribution is -0.384. The predicted molar refractivity (Wildman–Crippen MR) is 84.7 cm³/mol. The lowest BCUT2D eigenvalue weighted by Crippen LogP contribution is -2.33. The lowest BCUT2D eigenvalue weighted by atomic mass is 9.99. The van der Waals surface area contributed by atoms with Crippen molar-refractivity contribution in [1.29, 1.82) is 0 Å². The van der Waals surface area contributed by atoms with E-state index in [9.17, 15) is 10.1 Å². The van der Waals surface area contributed by atoms with Gasteiger partial charge in [-0.3, -0.25) is 10.1 Å². The first kappa shape index (κ1) is 14.4. The van der Waals surface area contributed by atoms with Crippen molar-refractivity contribution in [3.05, 3.63) is 46.5 Å². The molecule has 1 fully saturated rings. The first-order valence-corrected chi connectivity index (χ1v) is 7.47. The molecule has 0 N–H and O–H groups in total. The summed E-state index contributed by atoms with van der Waals surface area (Å²) in [6, 6.07) is 10.3. The lowest BCUT2D eigenvalue weighted by Gasteiger charge is -2.30. The second-order valence-corrected chi connectivity index (χ2v) is 5.75. The Kier molecular flexibility index (Phi) is 4.00. The molecule has 1 aromatic heterocycles. The van der Waals surface area contributed by atoms with Crippen LogP contribution in [0.3, 0.4) is 0 Å². The Balaban J connectivity index is 1.75. The van der Waals surface area contributed by atoms with Gasteiger partial charge < -0.3 is 4.90 Å². The fraction of sp³-hybridized carbons (Fsp3) is 0.375. The second-order valence-electron chi connectivity index (χ2n) is 5.75. The Bertz CT molecular complexity index is 647. The fourth-order valence-electron chi connectivity index (χ4n) is 2.64. The van der Waals surface area contributed by atoms with Gasteiger partial charge in [0.05, 0.1) is 10.6 Å². The van der Waals surface area contributed by atoms with Crippen LogP contribution in [0.1, 0.15) is 19.8 Å². The van der Waals surface area contributed by atoms with Crippen LogP contribution in [0.25, 0.3) is 11.3 Å². The number of anilines is 1. The molecule has 22 heavy (non-hydrogen) atoms. The smallest absolute Gasteiger partial charge is 0.269 e. The second kappa shape index (κ2) is 6.09. The fourth-order valence-corrected chi connectivity index (χ4v) is 2.64. The van der Waals surface area contributed by atoms with Crippen LogP contribution in [0.2, 0.25) is 0 Å². The summed E-state index contributed by atoms with van der Waals surface area (Å²) in [5, 5.41) is 19.2. The normalized spacial score (nSPS) is 15.8. The molecule has 0 unspecified atom stereocenters. The van der Waals surface area contributed by atoms with Gasteiger partial charge in [0.2, 0.25) is 0 Å². The van der Waals surface area contributed by atoms with E-state index >= 15 is 0 Å². The van der Waals surface area contributed by atoms with Crippen molar-refractivity contribution in [3.63, 3.8) is 0 Å². The van der Waals surface area contributed by atoms with Gasteiger partial charge in [0.25, 0.3) is 5.69 Å². The zero-order chi connectivity index (χ0) is 15.5. The van der Waals surface area contributed by atoms with Gasteiger partial charge in [0.15, 0.2) is 5.82 Å². The van der Waals surface area contributed by atoms with Crippen molar-refractivity contribution in [2.45, 2.75) is 19.8 Å². The van der Waals surface area contributed by atoms with E-state index in [4.69, 9.17) is 0 Å². The molecule has 0 saturated carbocycles. The van der Waals surface area contributed by atoms with Crippen LogP contribution < -0.4 is 4.90 Å². The number of benzene rings is 1. The van der Waals surface area contributed by atoms with Gasteiger partial charge in [0.1, 0.15) is 0 Å². The van der Waals surface area contributed by atoms with Crippen molar-refractivity contribution >= 4 is 11.5 Å². The summed E-state index contributed by atoms with van der Waals surface area (Å²) in [5.41, 5.74) is 1.64. The van der Waals surface area contributed by atoms with Gasteiger partial charge in [-0.2, -0.15) is 0 Å². The minimum absolute atomic E-state index is 0.0794. The Morgan fingerprint density at radius 2 is 1.77 bits per heavy atom.